The molecule has 0 bridgehead atoms. The van der Waals surface area contributed by atoms with Crippen LogP contribution >= 0.6 is 23.2 Å². The van der Waals surface area contributed by atoms with E-state index in [9.17, 15) is 4.39 Å². The number of benzene rings is 1. The van der Waals surface area contributed by atoms with Crippen molar-refractivity contribution >= 4 is 23.2 Å². The zero-order chi connectivity index (χ0) is 11.8. The second kappa shape index (κ2) is 4.54. The van der Waals surface area contributed by atoms with Crippen molar-refractivity contribution in [1.82, 2.24) is 0 Å². The van der Waals surface area contributed by atoms with Crippen LogP contribution in [0.4, 0.5) is 4.39 Å². The van der Waals surface area contributed by atoms with Crippen LogP contribution in [-0.2, 0) is 6.42 Å². The monoisotopic (exact) mass is 260 g/mol. The summed E-state index contributed by atoms with van der Waals surface area (Å²) in [5, 5.41) is 0.702. The fourth-order valence-corrected chi connectivity index (χ4v) is 3.17. The highest BCUT2D eigenvalue weighted by molar-refractivity contribution is 6.30. The van der Waals surface area contributed by atoms with E-state index in [0.717, 1.165) is 31.2 Å². The van der Waals surface area contributed by atoms with Gasteiger partial charge in [0, 0.05) is 10.4 Å². The molecule has 0 amide bonds. The van der Waals surface area contributed by atoms with E-state index in [1.807, 2.05) is 0 Å². The lowest BCUT2D eigenvalue weighted by atomic mass is 9.82. The highest BCUT2D eigenvalue weighted by atomic mass is 35.5. The van der Waals surface area contributed by atoms with Crippen molar-refractivity contribution in [3.8, 4) is 0 Å². The quantitative estimate of drug-likeness (QED) is 0.669. The average Bonchev–Trinajstić information content (AvgIpc) is 2.52. The van der Waals surface area contributed by atoms with Crippen LogP contribution in [0.5, 0.6) is 0 Å². The van der Waals surface area contributed by atoms with Gasteiger partial charge in [0.25, 0.3) is 0 Å². The summed E-state index contributed by atoms with van der Waals surface area (Å²) >= 11 is 11.8. The van der Waals surface area contributed by atoms with E-state index >= 15 is 0 Å². The summed E-state index contributed by atoms with van der Waals surface area (Å²) in [7, 11) is 0. The van der Waals surface area contributed by atoms with E-state index in [2.05, 4.69) is 6.92 Å². The standard InChI is InChI=1S/C13H15Cl2F/c1-13(5-4-11(15)8-13)7-9-2-3-10(14)6-12(9)16/h2-3,6,11H,4-5,7-8H2,1H3. The zero-order valence-electron chi connectivity index (χ0n) is 9.27. The van der Waals surface area contributed by atoms with E-state index in [1.54, 1.807) is 12.1 Å². The number of hydrogen-bond acceptors (Lipinski definition) is 0. The van der Waals surface area contributed by atoms with Gasteiger partial charge >= 0.3 is 0 Å². The molecule has 0 nitrogen and oxygen atoms in total. The molecule has 2 atom stereocenters. The molecule has 0 saturated heterocycles. The highest BCUT2D eigenvalue weighted by Crippen LogP contribution is 2.43. The maximum atomic E-state index is 13.7. The van der Waals surface area contributed by atoms with Gasteiger partial charge in [0.05, 0.1) is 0 Å². The van der Waals surface area contributed by atoms with Gasteiger partial charge in [0.15, 0.2) is 0 Å². The summed E-state index contributed by atoms with van der Waals surface area (Å²) in [5.41, 5.74) is 0.888. The normalized spacial score (nSPS) is 29.6. The van der Waals surface area contributed by atoms with Gasteiger partial charge in [0.1, 0.15) is 5.82 Å². The van der Waals surface area contributed by atoms with E-state index < -0.39 is 0 Å². The molecule has 0 aliphatic heterocycles. The highest BCUT2D eigenvalue weighted by Gasteiger charge is 2.34. The van der Waals surface area contributed by atoms with Crippen molar-refractivity contribution in [2.75, 3.05) is 0 Å². The molecule has 1 fully saturated rings. The first kappa shape index (κ1) is 12.2. The van der Waals surface area contributed by atoms with E-state index in [-0.39, 0.29) is 16.6 Å². The molecule has 2 unspecified atom stereocenters. The predicted octanol–water partition coefficient (Wildman–Crippen LogP) is 4.82. The molecule has 1 saturated carbocycles. The van der Waals surface area contributed by atoms with E-state index in [4.69, 9.17) is 23.2 Å². The first-order valence-corrected chi connectivity index (χ1v) is 6.38. The molecule has 0 spiro atoms. The number of rotatable bonds is 2. The first-order valence-electron chi connectivity index (χ1n) is 5.56. The molecule has 1 aromatic rings. The third kappa shape index (κ3) is 2.70. The average molecular weight is 261 g/mol. The molecule has 0 aromatic heterocycles. The van der Waals surface area contributed by atoms with Crippen LogP contribution in [0, 0.1) is 11.2 Å². The van der Waals surface area contributed by atoms with E-state index in [0.29, 0.717) is 5.02 Å². The molecule has 1 aliphatic carbocycles. The van der Waals surface area contributed by atoms with Crippen LogP contribution in [0.25, 0.3) is 0 Å². The third-order valence-electron chi connectivity index (χ3n) is 3.41. The van der Waals surface area contributed by atoms with Crippen LogP contribution in [0.2, 0.25) is 5.02 Å². The number of hydrogen-bond donors (Lipinski definition) is 0. The van der Waals surface area contributed by atoms with Crippen molar-refractivity contribution in [1.29, 1.82) is 0 Å². The molecule has 0 radical (unpaired) electrons. The predicted molar refractivity (Wildman–Crippen MR) is 66.7 cm³/mol. The Labute approximate surface area is 106 Å². The minimum absolute atomic E-state index is 0.140. The third-order valence-corrected chi connectivity index (χ3v) is 4.02. The van der Waals surface area contributed by atoms with Crippen LogP contribution < -0.4 is 0 Å². The summed E-state index contributed by atoms with van der Waals surface area (Å²) in [6.45, 7) is 2.18. The Morgan fingerprint density at radius 1 is 1.50 bits per heavy atom. The lowest BCUT2D eigenvalue weighted by Crippen LogP contribution is -2.16. The molecular weight excluding hydrogens is 246 g/mol. The van der Waals surface area contributed by atoms with E-state index in [1.165, 1.54) is 6.07 Å². The molecule has 3 heteroatoms. The van der Waals surface area contributed by atoms with Gasteiger partial charge < -0.3 is 0 Å². The maximum absolute atomic E-state index is 13.7. The van der Waals surface area contributed by atoms with Gasteiger partial charge in [-0.25, -0.2) is 4.39 Å². The minimum Gasteiger partial charge on any atom is -0.207 e. The summed E-state index contributed by atoms with van der Waals surface area (Å²) in [5.74, 6) is -0.202. The summed E-state index contributed by atoms with van der Waals surface area (Å²) in [4.78, 5) is 0. The fraction of sp³-hybridized carbons (Fsp3) is 0.538. The lowest BCUT2D eigenvalue weighted by molar-refractivity contribution is 0.330. The Hall–Kier alpha value is -0.270. The van der Waals surface area contributed by atoms with Gasteiger partial charge in [-0.3, -0.25) is 0 Å². The topological polar surface area (TPSA) is 0 Å². The van der Waals surface area contributed by atoms with Crippen molar-refractivity contribution in [2.24, 2.45) is 5.41 Å². The van der Waals surface area contributed by atoms with Crippen LogP contribution in [0.1, 0.15) is 31.7 Å². The minimum atomic E-state index is -0.202. The van der Waals surface area contributed by atoms with Gasteiger partial charge in [-0.05, 0) is 48.8 Å². The van der Waals surface area contributed by atoms with Crippen molar-refractivity contribution in [3.05, 3.63) is 34.6 Å². The van der Waals surface area contributed by atoms with Gasteiger partial charge in [-0.1, -0.05) is 24.6 Å². The van der Waals surface area contributed by atoms with Gasteiger partial charge in [-0.2, -0.15) is 0 Å². The smallest absolute Gasteiger partial charge is 0.127 e. The number of alkyl halides is 1. The molecule has 1 aliphatic rings. The summed E-state index contributed by atoms with van der Waals surface area (Å²) in [6, 6.07) is 4.91. The first-order chi connectivity index (χ1) is 7.48. The lowest BCUT2D eigenvalue weighted by Gasteiger charge is -2.23. The summed E-state index contributed by atoms with van der Waals surface area (Å²) < 4.78 is 13.7. The van der Waals surface area contributed by atoms with Crippen molar-refractivity contribution < 1.29 is 4.39 Å². The molecule has 16 heavy (non-hydrogen) atoms. The SMILES string of the molecule is CC1(Cc2ccc(Cl)cc2F)CCC(Cl)C1. The summed E-state index contributed by atoms with van der Waals surface area (Å²) in [6.07, 6.45) is 3.83. The Kier molecular flexibility index (Phi) is 3.46. The van der Waals surface area contributed by atoms with Crippen LogP contribution in [-0.4, -0.2) is 5.38 Å². The number of halogens is 3. The van der Waals surface area contributed by atoms with Crippen molar-refractivity contribution in [3.63, 3.8) is 0 Å². The second-order valence-electron chi connectivity index (χ2n) is 5.06. The molecule has 88 valence electrons. The molecular formula is C13H15Cl2F. The second-order valence-corrected chi connectivity index (χ2v) is 6.12. The Bertz CT molecular complexity index is 392. The van der Waals surface area contributed by atoms with Crippen LogP contribution in [0.3, 0.4) is 0 Å². The Balaban J connectivity index is 2.14. The fourth-order valence-electron chi connectivity index (χ4n) is 2.53. The molecule has 2 rings (SSSR count). The van der Waals surface area contributed by atoms with Crippen molar-refractivity contribution in [2.45, 2.75) is 38.0 Å². The Morgan fingerprint density at radius 3 is 2.81 bits per heavy atom. The Morgan fingerprint density at radius 2 is 2.25 bits per heavy atom. The van der Waals surface area contributed by atoms with Gasteiger partial charge in [-0.15, -0.1) is 11.6 Å². The van der Waals surface area contributed by atoms with Crippen LogP contribution in [0.15, 0.2) is 18.2 Å². The van der Waals surface area contributed by atoms with Gasteiger partial charge in [0.2, 0.25) is 0 Å². The maximum Gasteiger partial charge on any atom is 0.127 e. The molecule has 0 N–H and O–H groups in total. The largest absolute Gasteiger partial charge is 0.207 e. The zero-order valence-corrected chi connectivity index (χ0v) is 10.8. The molecule has 1 aromatic carbocycles. The molecule has 0 heterocycles.